The van der Waals surface area contributed by atoms with E-state index >= 15 is 0 Å². The van der Waals surface area contributed by atoms with Crippen LogP contribution in [-0.4, -0.2) is 43.6 Å². The molecular weight excluding hydrogens is 360 g/mol. The summed E-state index contributed by atoms with van der Waals surface area (Å²) in [6.45, 7) is 0. The summed E-state index contributed by atoms with van der Waals surface area (Å²) in [5.41, 5.74) is 4.97. The van der Waals surface area contributed by atoms with Crippen LogP contribution in [-0.2, 0) is 0 Å². The number of nitrogens with zero attached hydrogens (tertiary/aromatic N) is 2. The third-order valence-electron chi connectivity index (χ3n) is 4.02. The average molecular weight is 380 g/mol. The van der Waals surface area contributed by atoms with Gasteiger partial charge in [0.05, 0.1) is 33.2 Å². The van der Waals surface area contributed by atoms with Crippen molar-refractivity contribution in [2.45, 2.75) is 0 Å². The molecule has 0 bridgehead atoms. The summed E-state index contributed by atoms with van der Waals surface area (Å²) in [7, 11) is 4.73. The zero-order valence-electron chi connectivity index (χ0n) is 15.7. The van der Waals surface area contributed by atoms with Gasteiger partial charge in [-0.2, -0.15) is 10.2 Å². The first-order valence-electron chi connectivity index (χ1n) is 8.40. The van der Waals surface area contributed by atoms with Gasteiger partial charge in [0.25, 0.3) is 5.91 Å². The number of methoxy groups -OCH3 is 3. The van der Waals surface area contributed by atoms with Crippen molar-refractivity contribution in [2.75, 3.05) is 21.3 Å². The molecule has 1 aromatic heterocycles. The summed E-state index contributed by atoms with van der Waals surface area (Å²) in [5, 5.41) is 10.9. The van der Waals surface area contributed by atoms with Crippen LogP contribution < -0.4 is 19.6 Å². The lowest BCUT2D eigenvalue weighted by molar-refractivity contribution is 0.0950. The van der Waals surface area contributed by atoms with Crippen molar-refractivity contribution in [3.8, 4) is 28.5 Å². The fourth-order valence-electron chi connectivity index (χ4n) is 2.49. The van der Waals surface area contributed by atoms with Gasteiger partial charge in [-0.25, -0.2) is 5.43 Å². The maximum atomic E-state index is 12.3. The van der Waals surface area contributed by atoms with E-state index in [9.17, 15) is 4.79 Å². The number of rotatable bonds is 7. The molecule has 0 saturated heterocycles. The molecule has 0 atom stereocenters. The van der Waals surface area contributed by atoms with E-state index in [-0.39, 0.29) is 0 Å². The predicted molar refractivity (Wildman–Crippen MR) is 105 cm³/mol. The lowest BCUT2D eigenvalue weighted by atomic mass is 10.1. The molecule has 28 heavy (non-hydrogen) atoms. The summed E-state index contributed by atoms with van der Waals surface area (Å²) >= 11 is 0. The molecule has 0 fully saturated rings. The molecule has 0 aliphatic carbocycles. The van der Waals surface area contributed by atoms with Gasteiger partial charge in [0.1, 0.15) is 22.9 Å². The van der Waals surface area contributed by atoms with E-state index in [1.165, 1.54) is 6.21 Å². The third kappa shape index (κ3) is 4.29. The van der Waals surface area contributed by atoms with Gasteiger partial charge >= 0.3 is 0 Å². The first kappa shape index (κ1) is 19.0. The van der Waals surface area contributed by atoms with E-state index in [1.807, 2.05) is 24.3 Å². The maximum absolute atomic E-state index is 12.3. The maximum Gasteiger partial charge on any atom is 0.289 e. The normalized spacial score (nSPS) is 10.7. The number of hydrazone groups is 1. The van der Waals surface area contributed by atoms with Gasteiger partial charge in [0, 0.05) is 17.2 Å². The molecule has 2 aromatic carbocycles. The first-order chi connectivity index (χ1) is 13.6. The summed E-state index contributed by atoms with van der Waals surface area (Å²) in [4.78, 5) is 12.3. The van der Waals surface area contributed by atoms with Crippen molar-refractivity contribution in [1.29, 1.82) is 0 Å². The number of amides is 1. The zero-order chi connectivity index (χ0) is 19.9. The molecule has 8 nitrogen and oxygen atoms in total. The van der Waals surface area contributed by atoms with Crippen LogP contribution >= 0.6 is 0 Å². The van der Waals surface area contributed by atoms with Crippen molar-refractivity contribution in [3.63, 3.8) is 0 Å². The molecule has 1 amide bonds. The monoisotopic (exact) mass is 380 g/mol. The van der Waals surface area contributed by atoms with Crippen molar-refractivity contribution in [3.05, 3.63) is 59.8 Å². The molecular formula is C20H20N4O4. The number of ether oxygens (including phenoxy) is 3. The van der Waals surface area contributed by atoms with E-state index in [0.29, 0.717) is 28.5 Å². The quantitative estimate of drug-likeness (QED) is 0.485. The molecule has 3 rings (SSSR count). The number of carbonyl (C=O) groups excluding carboxylic acids is 1. The molecule has 1 heterocycles. The first-order valence-corrected chi connectivity index (χ1v) is 8.40. The highest BCUT2D eigenvalue weighted by Gasteiger charge is 2.11. The van der Waals surface area contributed by atoms with Gasteiger partial charge in [0.2, 0.25) is 0 Å². The Morgan fingerprint density at radius 2 is 1.71 bits per heavy atom. The van der Waals surface area contributed by atoms with Crippen LogP contribution in [0.2, 0.25) is 0 Å². The predicted octanol–water partition coefficient (Wildman–Crippen LogP) is 2.87. The van der Waals surface area contributed by atoms with Gasteiger partial charge in [-0.1, -0.05) is 0 Å². The van der Waals surface area contributed by atoms with Crippen molar-refractivity contribution in [1.82, 2.24) is 15.6 Å². The second-order valence-electron chi connectivity index (χ2n) is 5.70. The molecule has 2 N–H and O–H groups in total. The smallest absolute Gasteiger partial charge is 0.289 e. The Balaban J connectivity index is 1.67. The number of carbonyl (C=O) groups is 1. The zero-order valence-corrected chi connectivity index (χ0v) is 15.7. The minimum atomic E-state index is -0.406. The topological polar surface area (TPSA) is 97.8 Å². The van der Waals surface area contributed by atoms with E-state index in [2.05, 4.69) is 20.7 Å². The van der Waals surface area contributed by atoms with E-state index in [1.54, 1.807) is 45.6 Å². The molecule has 0 radical (unpaired) electrons. The average Bonchev–Trinajstić information content (AvgIpc) is 3.24. The van der Waals surface area contributed by atoms with Gasteiger partial charge in [-0.05, 0) is 42.5 Å². The number of aromatic nitrogens is 2. The molecule has 0 saturated carbocycles. The third-order valence-corrected chi connectivity index (χ3v) is 4.02. The van der Waals surface area contributed by atoms with Crippen LogP contribution in [0.25, 0.3) is 11.3 Å². The van der Waals surface area contributed by atoms with Crippen LogP contribution in [0, 0.1) is 0 Å². The molecule has 0 unspecified atom stereocenters. The number of H-pyrrole nitrogens is 1. The number of nitrogens with one attached hydrogen (secondary N) is 2. The Morgan fingerprint density at radius 3 is 2.39 bits per heavy atom. The Labute approximate surface area is 162 Å². The molecule has 0 spiro atoms. The summed E-state index contributed by atoms with van der Waals surface area (Å²) in [5.74, 6) is 1.60. The van der Waals surface area contributed by atoms with E-state index < -0.39 is 5.91 Å². The summed E-state index contributed by atoms with van der Waals surface area (Å²) in [6.07, 6.45) is 1.50. The summed E-state index contributed by atoms with van der Waals surface area (Å²) in [6, 6.07) is 14.3. The van der Waals surface area contributed by atoms with Gasteiger partial charge in [-0.3, -0.25) is 9.89 Å². The van der Waals surface area contributed by atoms with Crippen molar-refractivity contribution in [2.24, 2.45) is 5.10 Å². The standard InChI is InChI=1S/C20H20N4O4/c1-26-15-7-4-13(5-8-15)17-11-18(23-22-17)20(25)24-21-12-14-6-9-16(27-2)10-19(14)28-3/h4-12H,1-3H3,(H,22,23)(H,24,25)/b21-12+. The highest BCUT2D eigenvalue weighted by Crippen LogP contribution is 2.23. The molecule has 0 aliphatic heterocycles. The second-order valence-corrected chi connectivity index (χ2v) is 5.70. The van der Waals surface area contributed by atoms with Crippen molar-refractivity contribution >= 4 is 12.1 Å². The van der Waals surface area contributed by atoms with E-state index in [0.717, 1.165) is 11.3 Å². The van der Waals surface area contributed by atoms with Gasteiger partial charge < -0.3 is 14.2 Å². The Morgan fingerprint density at radius 1 is 1.00 bits per heavy atom. The number of aromatic amines is 1. The van der Waals surface area contributed by atoms with Crippen LogP contribution in [0.1, 0.15) is 16.1 Å². The molecule has 0 aliphatic rings. The van der Waals surface area contributed by atoms with Crippen LogP contribution in [0.5, 0.6) is 17.2 Å². The Hall–Kier alpha value is -3.81. The minimum Gasteiger partial charge on any atom is -0.497 e. The second kappa shape index (κ2) is 8.72. The van der Waals surface area contributed by atoms with Gasteiger partial charge in [-0.15, -0.1) is 0 Å². The Kier molecular flexibility index (Phi) is 5.91. The molecule has 3 aromatic rings. The van der Waals surface area contributed by atoms with Crippen molar-refractivity contribution < 1.29 is 19.0 Å². The molecule has 144 valence electrons. The number of hydrogen-bond acceptors (Lipinski definition) is 6. The Bertz CT molecular complexity index is 980. The lowest BCUT2D eigenvalue weighted by Gasteiger charge is -2.06. The summed E-state index contributed by atoms with van der Waals surface area (Å²) < 4.78 is 15.6. The largest absolute Gasteiger partial charge is 0.497 e. The fraction of sp³-hybridized carbons (Fsp3) is 0.150. The SMILES string of the molecule is COc1ccc(-c2cc(C(=O)N/N=C/c3ccc(OC)cc3OC)[nH]n2)cc1. The fourth-order valence-corrected chi connectivity index (χ4v) is 2.49. The lowest BCUT2D eigenvalue weighted by Crippen LogP contribution is -2.18. The van der Waals surface area contributed by atoms with Crippen LogP contribution in [0.15, 0.2) is 53.6 Å². The van der Waals surface area contributed by atoms with Gasteiger partial charge in [0.15, 0.2) is 0 Å². The van der Waals surface area contributed by atoms with Crippen LogP contribution in [0.3, 0.4) is 0 Å². The number of hydrogen-bond donors (Lipinski definition) is 2. The molecule has 8 heteroatoms. The minimum absolute atomic E-state index is 0.296. The highest BCUT2D eigenvalue weighted by atomic mass is 16.5. The van der Waals surface area contributed by atoms with Crippen LogP contribution in [0.4, 0.5) is 0 Å². The van der Waals surface area contributed by atoms with E-state index in [4.69, 9.17) is 14.2 Å². The number of benzene rings is 2. The highest BCUT2D eigenvalue weighted by molar-refractivity contribution is 5.94.